The molecule has 4 N–H and O–H groups in total. The van der Waals surface area contributed by atoms with Gasteiger partial charge in [-0.3, -0.25) is 5.84 Å². The zero-order valence-corrected chi connectivity index (χ0v) is 6.21. The van der Waals surface area contributed by atoms with Gasteiger partial charge in [-0.25, -0.2) is 5.01 Å². The van der Waals surface area contributed by atoms with Crippen molar-refractivity contribution in [3.8, 4) is 0 Å². The van der Waals surface area contributed by atoms with E-state index in [0.717, 1.165) is 19.5 Å². The predicted octanol–water partition coefficient (Wildman–Crippen LogP) is -0.327. The maximum Gasteiger partial charge on any atom is 0.0200 e. The first-order valence-corrected chi connectivity index (χ1v) is 3.98. The average molecular weight is 141 g/mol. The van der Waals surface area contributed by atoms with Crippen molar-refractivity contribution in [2.45, 2.75) is 25.3 Å². The molecule has 2 rings (SSSR count). The highest BCUT2D eigenvalue weighted by molar-refractivity contribution is 5.04. The molecule has 3 heteroatoms. The van der Waals surface area contributed by atoms with Crippen LogP contribution in [0.5, 0.6) is 0 Å². The van der Waals surface area contributed by atoms with E-state index in [0.29, 0.717) is 11.5 Å². The number of nitrogens with two attached hydrogens (primary N) is 2. The molecule has 1 aliphatic carbocycles. The molecule has 58 valence electrons. The molecular weight excluding hydrogens is 126 g/mol. The summed E-state index contributed by atoms with van der Waals surface area (Å²) >= 11 is 0. The molecule has 2 aliphatic rings. The predicted molar refractivity (Wildman–Crippen MR) is 40.0 cm³/mol. The molecule has 1 spiro atoms. The maximum absolute atomic E-state index is 5.96. The molecule has 0 aromatic carbocycles. The van der Waals surface area contributed by atoms with Crippen molar-refractivity contribution in [3.05, 3.63) is 0 Å². The highest BCUT2D eigenvalue weighted by atomic mass is 15.4. The molecule has 1 saturated carbocycles. The summed E-state index contributed by atoms with van der Waals surface area (Å²) in [5.41, 5.74) is 6.39. The summed E-state index contributed by atoms with van der Waals surface area (Å²) in [7, 11) is 0. The molecule has 0 amide bonds. The molecular formula is C7H15N3. The summed E-state index contributed by atoms with van der Waals surface area (Å²) in [6, 6.07) is 0.423. The molecule has 1 atom stereocenters. The van der Waals surface area contributed by atoms with Gasteiger partial charge in [0.15, 0.2) is 0 Å². The van der Waals surface area contributed by atoms with Gasteiger partial charge in [0, 0.05) is 19.1 Å². The van der Waals surface area contributed by atoms with Gasteiger partial charge in [-0.15, -0.1) is 0 Å². The smallest absolute Gasteiger partial charge is 0.0200 e. The van der Waals surface area contributed by atoms with E-state index in [-0.39, 0.29) is 0 Å². The van der Waals surface area contributed by atoms with Crippen molar-refractivity contribution < 1.29 is 0 Å². The molecule has 1 aliphatic heterocycles. The molecule has 1 unspecified atom stereocenters. The van der Waals surface area contributed by atoms with Crippen LogP contribution in [-0.4, -0.2) is 24.1 Å². The Kier molecular flexibility index (Phi) is 1.27. The Bertz CT molecular complexity index is 142. The minimum atomic E-state index is 0.423. The SMILES string of the molecule is NC1CCN(N)CC12CC2. The lowest BCUT2D eigenvalue weighted by atomic mass is 9.91. The number of hydrogen-bond acceptors (Lipinski definition) is 3. The van der Waals surface area contributed by atoms with Gasteiger partial charge in [0.2, 0.25) is 0 Å². The summed E-state index contributed by atoms with van der Waals surface area (Å²) in [5, 5.41) is 1.91. The highest BCUT2D eigenvalue weighted by Crippen LogP contribution is 2.50. The normalized spacial score (nSPS) is 38.4. The summed E-state index contributed by atoms with van der Waals surface area (Å²) in [5.74, 6) is 5.69. The fraction of sp³-hybridized carbons (Fsp3) is 1.00. The molecule has 0 bridgehead atoms. The van der Waals surface area contributed by atoms with Gasteiger partial charge in [0.25, 0.3) is 0 Å². The largest absolute Gasteiger partial charge is 0.327 e. The van der Waals surface area contributed by atoms with Crippen molar-refractivity contribution in [2.75, 3.05) is 13.1 Å². The van der Waals surface area contributed by atoms with E-state index in [1.54, 1.807) is 0 Å². The van der Waals surface area contributed by atoms with E-state index in [1.165, 1.54) is 12.8 Å². The number of nitrogens with zero attached hydrogens (tertiary/aromatic N) is 1. The first kappa shape index (κ1) is 6.58. The van der Waals surface area contributed by atoms with Gasteiger partial charge in [-0.1, -0.05) is 0 Å². The Hall–Kier alpha value is -0.120. The minimum Gasteiger partial charge on any atom is -0.327 e. The first-order chi connectivity index (χ1) is 4.73. The first-order valence-electron chi connectivity index (χ1n) is 3.98. The third-order valence-corrected chi connectivity index (χ3v) is 2.92. The van der Waals surface area contributed by atoms with Crippen LogP contribution in [0.3, 0.4) is 0 Å². The molecule has 1 saturated heterocycles. The van der Waals surface area contributed by atoms with Crippen LogP contribution in [0, 0.1) is 5.41 Å². The lowest BCUT2D eigenvalue weighted by Crippen LogP contribution is -2.51. The van der Waals surface area contributed by atoms with Crippen LogP contribution in [-0.2, 0) is 0 Å². The molecule has 2 fully saturated rings. The zero-order chi connectivity index (χ0) is 7.19. The molecule has 0 aromatic heterocycles. The summed E-state index contributed by atoms with van der Waals surface area (Å²) in [6.45, 7) is 2.00. The van der Waals surface area contributed by atoms with Crippen molar-refractivity contribution >= 4 is 0 Å². The summed E-state index contributed by atoms with van der Waals surface area (Å²) in [4.78, 5) is 0. The number of piperidine rings is 1. The number of hydrazine groups is 1. The van der Waals surface area contributed by atoms with Crippen LogP contribution >= 0.6 is 0 Å². The monoisotopic (exact) mass is 141 g/mol. The summed E-state index contributed by atoms with van der Waals surface area (Å²) < 4.78 is 0. The van der Waals surface area contributed by atoms with Gasteiger partial charge in [-0.2, -0.15) is 0 Å². The molecule has 0 aromatic rings. The van der Waals surface area contributed by atoms with Crippen molar-refractivity contribution in [3.63, 3.8) is 0 Å². The van der Waals surface area contributed by atoms with Gasteiger partial charge in [0.1, 0.15) is 0 Å². The van der Waals surface area contributed by atoms with Crippen LogP contribution in [0.15, 0.2) is 0 Å². The molecule has 10 heavy (non-hydrogen) atoms. The van der Waals surface area contributed by atoms with Crippen molar-refractivity contribution in [1.82, 2.24) is 5.01 Å². The minimum absolute atomic E-state index is 0.423. The highest BCUT2D eigenvalue weighted by Gasteiger charge is 2.50. The molecule has 3 nitrogen and oxygen atoms in total. The second-order valence-corrected chi connectivity index (χ2v) is 3.73. The fourth-order valence-corrected chi connectivity index (χ4v) is 1.90. The zero-order valence-electron chi connectivity index (χ0n) is 6.21. The van der Waals surface area contributed by atoms with Gasteiger partial charge >= 0.3 is 0 Å². The van der Waals surface area contributed by atoms with E-state index < -0.39 is 0 Å². The Morgan fingerprint density at radius 2 is 2.10 bits per heavy atom. The summed E-state index contributed by atoms with van der Waals surface area (Å²) in [6.07, 6.45) is 3.67. The van der Waals surface area contributed by atoms with E-state index >= 15 is 0 Å². The van der Waals surface area contributed by atoms with Crippen LogP contribution in [0.2, 0.25) is 0 Å². The average Bonchev–Trinajstić information content (AvgIpc) is 2.62. The van der Waals surface area contributed by atoms with Crippen LogP contribution in [0.1, 0.15) is 19.3 Å². The van der Waals surface area contributed by atoms with E-state index in [4.69, 9.17) is 11.6 Å². The third kappa shape index (κ3) is 0.856. The number of rotatable bonds is 0. The lowest BCUT2D eigenvalue weighted by molar-refractivity contribution is 0.142. The van der Waals surface area contributed by atoms with Crippen LogP contribution < -0.4 is 11.6 Å². The topological polar surface area (TPSA) is 55.3 Å². The van der Waals surface area contributed by atoms with Crippen molar-refractivity contribution in [1.29, 1.82) is 0 Å². The van der Waals surface area contributed by atoms with E-state index in [2.05, 4.69) is 0 Å². The quantitative estimate of drug-likeness (QED) is 0.454. The Labute approximate surface area is 61.3 Å². The van der Waals surface area contributed by atoms with Crippen LogP contribution in [0.25, 0.3) is 0 Å². The molecule has 1 heterocycles. The fourth-order valence-electron chi connectivity index (χ4n) is 1.90. The maximum atomic E-state index is 5.96. The second-order valence-electron chi connectivity index (χ2n) is 3.73. The molecule has 0 radical (unpaired) electrons. The van der Waals surface area contributed by atoms with Crippen molar-refractivity contribution in [2.24, 2.45) is 17.0 Å². The Morgan fingerprint density at radius 1 is 1.40 bits per heavy atom. The van der Waals surface area contributed by atoms with E-state index in [1.807, 2.05) is 5.01 Å². The van der Waals surface area contributed by atoms with Gasteiger partial charge < -0.3 is 5.73 Å². The van der Waals surface area contributed by atoms with Crippen LogP contribution in [0.4, 0.5) is 0 Å². The Morgan fingerprint density at radius 3 is 2.60 bits per heavy atom. The third-order valence-electron chi connectivity index (χ3n) is 2.92. The standard InChI is InChI=1S/C7H15N3/c8-6-1-4-10(9)5-7(6)2-3-7/h6H,1-5,8-9H2. The van der Waals surface area contributed by atoms with E-state index in [9.17, 15) is 0 Å². The Balaban J connectivity index is 2.03. The van der Waals surface area contributed by atoms with Gasteiger partial charge in [-0.05, 0) is 24.7 Å². The number of hydrogen-bond donors (Lipinski definition) is 2. The lowest BCUT2D eigenvalue weighted by Gasteiger charge is -2.34. The second kappa shape index (κ2) is 1.94. The van der Waals surface area contributed by atoms with Gasteiger partial charge in [0.05, 0.1) is 0 Å².